The van der Waals surface area contributed by atoms with Crippen LogP contribution in [-0.4, -0.2) is 104 Å². The van der Waals surface area contributed by atoms with Crippen molar-refractivity contribution in [2.45, 2.75) is 99.8 Å². The van der Waals surface area contributed by atoms with Gasteiger partial charge in [0, 0.05) is 19.3 Å². The number of fused-ring (bicyclic) bond motifs is 1. The van der Waals surface area contributed by atoms with E-state index in [4.69, 9.17) is 14.2 Å². The first-order valence-electron chi connectivity index (χ1n) is 11.0. The number of ketones is 1. The van der Waals surface area contributed by atoms with Gasteiger partial charge in [-0.3, -0.25) is 4.79 Å². The van der Waals surface area contributed by atoms with Crippen LogP contribution in [0.3, 0.4) is 0 Å². The Balaban J connectivity index is 1.42. The summed E-state index contributed by atoms with van der Waals surface area (Å²) in [7, 11) is 0. The molecule has 3 fully saturated rings. The minimum absolute atomic E-state index is 0.0629. The van der Waals surface area contributed by atoms with Crippen LogP contribution in [0.2, 0.25) is 0 Å². The van der Waals surface area contributed by atoms with Gasteiger partial charge in [-0.2, -0.15) is 0 Å². The summed E-state index contributed by atoms with van der Waals surface area (Å²) in [5.74, 6) is -0.715. The number of carbonyl (C=O) groups excluding carboxylic acids is 1. The van der Waals surface area contributed by atoms with Crippen LogP contribution in [0, 0.1) is 5.92 Å². The van der Waals surface area contributed by atoms with Crippen molar-refractivity contribution in [3.8, 4) is 0 Å². The first kappa shape index (κ1) is 23.2. The maximum Gasteiger partial charge on any atom is 0.186 e. The minimum atomic E-state index is -1.55. The zero-order chi connectivity index (χ0) is 22.3. The van der Waals surface area contributed by atoms with Gasteiger partial charge in [-0.15, -0.1) is 0 Å². The number of ether oxygens (including phenoxy) is 3. The summed E-state index contributed by atoms with van der Waals surface area (Å²) in [6.45, 7) is -0.564. The second-order valence-corrected chi connectivity index (χ2v) is 9.06. The molecular formula is C21H32O10. The fraction of sp³-hybridized carbons (Fsp3) is 0.857. The molecule has 176 valence electrons. The van der Waals surface area contributed by atoms with Crippen LogP contribution in [-0.2, 0) is 19.0 Å². The van der Waals surface area contributed by atoms with Gasteiger partial charge in [0.15, 0.2) is 6.29 Å². The van der Waals surface area contributed by atoms with E-state index in [2.05, 4.69) is 0 Å². The molecule has 0 aromatic carbocycles. The number of aliphatic hydroxyl groups excluding tert-OH is 6. The Bertz CT molecular complexity index is 681. The second kappa shape index (κ2) is 9.50. The highest BCUT2D eigenvalue weighted by molar-refractivity contribution is 5.84. The second-order valence-electron chi connectivity index (χ2n) is 9.06. The molecule has 6 N–H and O–H groups in total. The molecule has 1 saturated carbocycles. The number of hydrogen-bond donors (Lipinski definition) is 6. The molecule has 0 bridgehead atoms. The summed E-state index contributed by atoms with van der Waals surface area (Å²) >= 11 is 0. The lowest BCUT2D eigenvalue weighted by molar-refractivity contribution is -0.317. The van der Waals surface area contributed by atoms with Crippen LogP contribution >= 0.6 is 0 Å². The van der Waals surface area contributed by atoms with Gasteiger partial charge >= 0.3 is 0 Å². The van der Waals surface area contributed by atoms with Gasteiger partial charge in [0.05, 0.1) is 43.0 Å². The normalized spacial score (nSPS) is 48.8. The monoisotopic (exact) mass is 444 g/mol. The van der Waals surface area contributed by atoms with Gasteiger partial charge < -0.3 is 44.8 Å². The number of hydrogen-bond acceptors (Lipinski definition) is 10. The van der Waals surface area contributed by atoms with Crippen LogP contribution in [0.4, 0.5) is 0 Å². The van der Waals surface area contributed by atoms with E-state index in [1.165, 1.54) is 0 Å². The van der Waals surface area contributed by atoms with Gasteiger partial charge in [-0.25, -0.2) is 0 Å². The molecule has 0 aromatic heterocycles. The first-order chi connectivity index (χ1) is 14.8. The summed E-state index contributed by atoms with van der Waals surface area (Å²) in [6.07, 6.45) is -5.55. The SMILES string of the molecule is O=C1CC(C2=CCC(O)CC2)OC2CC(O[C@@H]3O[C@H](CO)[C@H](O)[C@H](O)[C@H]3O)CC(O)C12. The van der Waals surface area contributed by atoms with Crippen molar-refractivity contribution in [2.24, 2.45) is 5.92 Å². The number of Topliss-reactive ketones (excluding diaryl/α,β-unsaturated/α-hetero) is 1. The molecule has 2 saturated heterocycles. The molecular weight excluding hydrogens is 412 g/mol. The molecule has 10 heteroatoms. The molecule has 2 aliphatic heterocycles. The predicted octanol–water partition coefficient (Wildman–Crippen LogP) is -1.86. The Labute approximate surface area is 180 Å². The Morgan fingerprint density at radius 1 is 1.03 bits per heavy atom. The Kier molecular flexibility index (Phi) is 7.11. The third-order valence-corrected chi connectivity index (χ3v) is 6.92. The largest absolute Gasteiger partial charge is 0.394 e. The van der Waals surface area contributed by atoms with Gasteiger partial charge in [-0.1, -0.05) is 6.08 Å². The Morgan fingerprint density at radius 3 is 2.48 bits per heavy atom. The zero-order valence-electron chi connectivity index (χ0n) is 17.2. The van der Waals surface area contributed by atoms with Gasteiger partial charge in [0.2, 0.25) is 0 Å². The standard InChI is InChI=1S/C21H32O10/c22-8-16-18(26)19(27)20(28)21(31-16)29-11-5-12(24)17-13(25)7-14(30-15(17)6-11)9-1-3-10(23)4-2-9/h1,10-12,14-24,26-28H,2-8H2/t10?,11?,12?,14?,15?,16-,17?,18+,19+,20-,21-/m1/s1. The lowest BCUT2D eigenvalue weighted by Gasteiger charge is -2.46. The van der Waals surface area contributed by atoms with E-state index in [-0.39, 0.29) is 37.3 Å². The lowest BCUT2D eigenvalue weighted by Crippen LogP contribution is -2.60. The van der Waals surface area contributed by atoms with Crippen molar-refractivity contribution >= 4 is 5.78 Å². The smallest absolute Gasteiger partial charge is 0.186 e. The molecule has 10 nitrogen and oxygen atoms in total. The topological polar surface area (TPSA) is 166 Å². The van der Waals surface area contributed by atoms with Crippen LogP contribution < -0.4 is 0 Å². The molecule has 2 heterocycles. The van der Waals surface area contributed by atoms with E-state index in [9.17, 15) is 35.4 Å². The Morgan fingerprint density at radius 2 is 1.81 bits per heavy atom. The van der Waals surface area contributed by atoms with Crippen molar-refractivity contribution in [3.63, 3.8) is 0 Å². The lowest BCUT2D eigenvalue weighted by atomic mass is 9.75. The highest BCUT2D eigenvalue weighted by atomic mass is 16.7. The Hall–Kier alpha value is -0.950. The first-order valence-corrected chi connectivity index (χ1v) is 11.0. The quantitative estimate of drug-likeness (QED) is 0.271. The third-order valence-electron chi connectivity index (χ3n) is 6.92. The number of carbonyl (C=O) groups is 1. The van der Waals surface area contributed by atoms with Crippen LogP contribution in [0.5, 0.6) is 0 Å². The van der Waals surface area contributed by atoms with Crippen LogP contribution in [0.1, 0.15) is 38.5 Å². The van der Waals surface area contributed by atoms with Gasteiger partial charge in [0.25, 0.3) is 0 Å². The molecule has 0 radical (unpaired) electrons. The van der Waals surface area contributed by atoms with Gasteiger partial charge in [0.1, 0.15) is 30.2 Å². The van der Waals surface area contributed by atoms with E-state index < -0.39 is 61.5 Å². The zero-order valence-corrected chi connectivity index (χ0v) is 17.2. The van der Waals surface area contributed by atoms with Crippen LogP contribution in [0.25, 0.3) is 0 Å². The average Bonchev–Trinajstić information content (AvgIpc) is 2.74. The summed E-state index contributed by atoms with van der Waals surface area (Å²) in [5.41, 5.74) is 0.989. The predicted molar refractivity (Wildman–Crippen MR) is 104 cm³/mol. The highest BCUT2D eigenvalue weighted by Crippen LogP contribution is 2.39. The van der Waals surface area contributed by atoms with Crippen molar-refractivity contribution in [1.29, 1.82) is 0 Å². The molecule has 2 aliphatic carbocycles. The van der Waals surface area contributed by atoms with E-state index in [0.717, 1.165) is 5.57 Å². The van der Waals surface area contributed by atoms with E-state index in [1.807, 2.05) is 6.08 Å². The molecule has 0 amide bonds. The number of rotatable bonds is 4. The summed E-state index contributed by atoms with van der Waals surface area (Å²) in [5, 5.41) is 59.7. The van der Waals surface area contributed by atoms with E-state index in [1.54, 1.807) is 0 Å². The fourth-order valence-corrected chi connectivity index (χ4v) is 5.14. The van der Waals surface area contributed by atoms with E-state index >= 15 is 0 Å². The van der Waals surface area contributed by atoms with Crippen molar-refractivity contribution < 1.29 is 49.6 Å². The summed E-state index contributed by atoms with van der Waals surface area (Å²) in [6, 6.07) is 0. The third kappa shape index (κ3) is 4.73. The molecule has 0 spiro atoms. The summed E-state index contributed by atoms with van der Waals surface area (Å²) < 4.78 is 17.4. The van der Waals surface area contributed by atoms with Crippen LogP contribution in [0.15, 0.2) is 11.6 Å². The average molecular weight is 444 g/mol. The maximum absolute atomic E-state index is 12.8. The van der Waals surface area contributed by atoms with Gasteiger partial charge in [-0.05, 0) is 24.8 Å². The molecule has 4 aliphatic rings. The molecule has 11 atom stereocenters. The fourth-order valence-electron chi connectivity index (χ4n) is 5.14. The minimum Gasteiger partial charge on any atom is -0.394 e. The van der Waals surface area contributed by atoms with E-state index in [0.29, 0.717) is 19.3 Å². The number of aliphatic hydroxyl groups is 6. The molecule has 6 unspecified atom stereocenters. The summed E-state index contributed by atoms with van der Waals surface area (Å²) in [4.78, 5) is 12.8. The van der Waals surface area contributed by atoms with Crippen molar-refractivity contribution in [1.82, 2.24) is 0 Å². The maximum atomic E-state index is 12.8. The van der Waals surface area contributed by atoms with Crippen molar-refractivity contribution in [2.75, 3.05) is 6.61 Å². The molecule has 4 rings (SSSR count). The highest BCUT2D eigenvalue weighted by Gasteiger charge is 2.50. The van der Waals surface area contributed by atoms with Crippen molar-refractivity contribution in [3.05, 3.63) is 11.6 Å². The molecule has 0 aromatic rings. The molecule has 31 heavy (non-hydrogen) atoms.